The number of benzene rings is 1. The van der Waals surface area contributed by atoms with E-state index in [0.717, 1.165) is 51.0 Å². The number of carbonyl (C=O) groups is 1. The van der Waals surface area contributed by atoms with Gasteiger partial charge in [0.15, 0.2) is 0 Å². The van der Waals surface area contributed by atoms with Gasteiger partial charge in [0, 0.05) is 47.0 Å². The van der Waals surface area contributed by atoms with Gasteiger partial charge >= 0.3 is 5.91 Å². The van der Waals surface area contributed by atoms with E-state index in [-0.39, 0.29) is 25.4 Å². The molecule has 1 saturated heterocycles. The third kappa shape index (κ3) is 4.68. The maximum atomic E-state index is 13.5. The molecule has 1 aliphatic heterocycles. The summed E-state index contributed by atoms with van der Waals surface area (Å²) in [6.07, 6.45) is 8.14. The highest BCUT2D eigenvalue weighted by molar-refractivity contribution is 9.10. The van der Waals surface area contributed by atoms with Gasteiger partial charge in [0.1, 0.15) is 5.75 Å². The molecule has 1 aromatic carbocycles. The molecular formula is C28H28BrN3O3. The van der Waals surface area contributed by atoms with E-state index in [1.165, 1.54) is 16.7 Å². The van der Waals surface area contributed by atoms with Gasteiger partial charge in [-0.25, -0.2) is 4.79 Å². The van der Waals surface area contributed by atoms with Crippen LogP contribution in [0.2, 0.25) is 0 Å². The van der Waals surface area contributed by atoms with E-state index in [0.29, 0.717) is 12.8 Å². The van der Waals surface area contributed by atoms with Crippen LogP contribution in [0.25, 0.3) is 5.57 Å². The molecule has 6 nitrogen and oxygen atoms in total. The number of aromatic nitrogens is 2. The van der Waals surface area contributed by atoms with Crippen LogP contribution < -0.4 is 4.74 Å². The number of aryl methyl sites for hydroxylation is 3. The number of methoxy groups -OCH3 is 1. The maximum absolute atomic E-state index is 13.5. The van der Waals surface area contributed by atoms with Crippen LogP contribution in [0.4, 0.5) is 0 Å². The van der Waals surface area contributed by atoms with Crippen molar-refractivity contribution in [2.75, 3.05) is 20.2 Å². The smallest absolute Gasteiger partial charge is 0.318 e. The molecule has 0 saturated carbocycles. The molecular weight excluding hydrogens is 506 g/mol. The zero-order valence-corrected chi connectivity index (χ0v) is 21.6. The molecule has 1 amide bonds. The van der Waals surface area contributed by atoms with Crippen molar-refractivity contribution in [3.63, 3.8) is 0 Å². The number of pyridine rings is 2. The predicted molar refractivity (Wildman–Crippen MR) is 139 cm³/mol. The Kier molecular flexibility index (Phi) is 6.57. The number of halogens is 1. The highest BCUT2D eigenvalue weighted by atomic mass is 79.9. The van der Waals surface area contributed by atoms with Crippen molar-refractivity contribution in [3.8, 4) is 5.75 Å². The molecule has 5 rings (SSSR count). The Morgan fingerprint density at radius 3 is 2.51 bits per heavy atom. The van der Waals surface area contributed by atoms with Crippen molar-refractivity contribution < 1.29 is 14.2 Å². The van der Waals surface area contributed by atoms with Crippen LogP contribution in [0.3, 0.4) is 0 Å². The lowest BCUT2D eigenvalue weighted by Gasteiger charge is -2.43. The molecule has 180 valence electrons. The number of hydroxylamine groups is 3. The summed E-state index contributed by atoms with van der Waals surface area (Å²) < 4.78 is 6.02. The van der Waals surface area contributed by atoms with Gasteiger partial charge in [-0.3, -0.25) is 14.6 Å². The fourth-order valence-corrected chi connectivity index (χ4v) is 5.66. The van der Waals surface area contributed by atoms with Gasteiger partial charge in [0.2, 0.25) is 0 Å². The number of likely N-dealkylation sites (tertiary alicyclic amines) is 1. The molecule has 3 heterocycles. The van der Waals surface area contributed by atoms with Gasteiger partial charge in [0.25, 0.3) is 0 Å². The minimum absolute atomic E-state index is 0.131. The van der Waals surface area contributed by atoms with E-state index in [1.807, 2.05) is 6.20 Å². The number of piperidine rings is 1. The summed E-state index contributed by atoms with van der Waals surface area (Å²) in [5.74, 6) is 0.541. The topological polar surface area (TPSA) is 75.1 Å². The molecule has 0 unspecified atom stereocenters. The van der Waals surface area contributed by atoms with Crippen molar-refractivity contribution in [1.82, 2.24) is 9.97 Å². The Labute approximate surface area is 214 Å². The lowest BCUT2D eigenvalue weighted by atomic mass is 9.87. The van der Waals surface area contributed by atoms with Crippen LogP contribution in [0, 0.1) is 12.1 Å². The Bertz CT molecular complexity index is 1310. The number of amides is 1. The molecule has 0 atom stereocenters. The second-order valence-electron chi connectivity index (χ2n) is 9.40. The Hall–Kier alpha value is -2.87. The number of ether oxygens (including phenoxy) is 1. The van der Waals surface area contributed by atoms with E-state index < -0.39 is 4.65 Å². The maximum Gasteiger partial charge on any atom is 0.318 e. The van der Waals surface area contributed by atoms with Crippen molar-refractivity contribution in [3.05, 3.63) is 97.7 Å². The van der Waals surface area contributed by atoms with Crippen molar-refractivity contribution >= 4 is 27.4 Å². The highest BCUT2D eigenvalue weighted by Crippen LogP contribution is 2.43. The number of quaternary nitrogens is 1. The van der Waals surface area contributed by atoms with Gasteiger partial charge in [-0.15, -0.1) is 0 Å². The molecule has 0 bridgehead atoms. The lowest BCUT2D eigenvalue weighted by molar-refractivity contribution is -0.807. The molecule has 0 N–H and O–H groups in total. The van der Waals surface area contributed by atoms with E-state index in [2.05, 4.69) is 46.0 Å². The monoisotopic (exact) mass is 533 g/mol. The minimum atomic E-state index is -0.794. The summed E-state index contributed by atoms with van der Waals surface area (Å²) in [5, 5.41) is 13.5. The van der Waals surface area contributed by atoms with E-state index in [9.17, 15) is 10.0 Å². The number of rotatable bonds is 3. The highest BCUT2D eigenvalue weighted by Gasteiger charge is 2.34. The fourth-order valence-electron chi connectivity index (χ4n) is 5.28. The average Bonchev–Trinajstić information content (AvgIpc) is 3.01. The van der Waals surface area contributed by atoms with Crippen LogP contribution in [0.1, 0.15) is 46.4 Å². The van der Waals surface area contributed by atoms with Gasteiger partial charge in [-0.1, -0.05) is 6.07 Å². The summed E-state index contributed by atoms with van der Waals surface area (Å²) in [6.45, 7) is 2.55. The SMILES string of the molecule is COc1cc(C)cc2c1C(=C1CC[N+]([O-])(C(=O)Cc3ccncc3)CC1)c1ncc(Br)cc1CC2. The zero-order valence-electron chi connectivity index (χ0n) is 20.0. The van der Waals surface area contributed by atoms with Crippen molar-refractivity contribution in [2.45, 2.75) is 39.0 Å². The second kappa shape index (κ2) is 9.64. The van der Waals surface area contributed by atoms with E-state index >= 15 is 0 Å². The number of nitrogens with zero attached hydrogens (tertiary/aromatic N) is 3. The molecule has 0 spiro atoms. The molecule has 35 heavy (non-hydrogen) atoms. The van der Waals surface area contributed by atoms with Crippen molar-refractivity contribution in [1.29, 1.82) is 0 Å². The first-order valence-electron chi connectivity index (χ1n) is 11.9. The molecule has 1 aliphatic carbocycles. The number of carbonyl (C=O) groups excluding carboxylic acids is 1. The first kappa shape index (κ1) is 23.9. The molecule has 0 radical (unpaired) electrons. The van der Waals surface area contributed by atoms with Crippen LogP contribution in [-0.4, -0.2) is 40.7 Å². The number of fused-ring (bicyclic) bond motifs is 2. The third-order valence-corrected chi connectivity index (χ3v) is 7.53. The normalized spacial score (nSPS) is 19.5. The first-order chi connectivity index (χ1) is 16.9. The standard InChI is InChI=1S/C28H28BrN3O3/c1-18-13-21-3-4-22-16-23(29)17-31-28(22)27(26(21)24(14-18)35-2)20-7-11-32(34,12-8-20)25(33)15-19-5-9-30-10-6-19/h5-6,9-10,13-14,16-17H,3-4,7-8,11-12,15H2,1-2H3. The molecule has 7 heteroatoms. The van der Waals surface area contributed by atoms with Gasteiger partial charge in [0.05, 0.1) is 32.3 Å². The Balaban J connectivity index is 1.55. The molecule has 2 aromatic heterocycles. The predicted octanol–water partition coefficient (Wildman–Crippen LogP) is 5.33. The number of hydrogen-bond donors (Lipinski definition) is 0. The average molecular weight is 534 g/mol. The minimum Gasteiger partial charge on any atom is -0.625 e. The van der Waals surface area contributed by atoms with Crippen LogP contribution >= 0.6 is 15.9 Å². The van der Waals surface area contributed by atoms with Crippen LogP contribution in [0.5, 0.6) is 5.75 Å². The fraction of sp³-hybridized carbons (Fsp3) is 0.321. The van der Waals surface area contributed by atoms with Gasteiger partial charge in [-0.05, 0) is 87.8 Å². The Morgan fingerprint density at radius 2 is 1.80 bits per heavy atom. The summed E-state index contributed by atoms with van der Waals surface area (Å²) in [4.78, 5) is 21.8. The van der Waals surface area contributed by atoms with Gasteiger partial charge < -0.3 is 9.94 Å². The first-order valence-corrected chi connectivity index (χ1v) is 12.7. The van der Waals surface area contributed by atoms with Gasteiger partial charge in [-0.2, -0.15) is 0 Å². The molecule has 1 fully saturated rings. The Morgan fingerprint density at radius 1 is 1.09 bits per heavy atom. The lowest BCUT2D eigenvalue weighted by Crippen LogP contribution is -2.52. The zero-order chi connectivity index (χ0) is 24.6. The molecule has 2 aliphatic rings. The third-order valence-electron chi connectivity index (χ3n) is 7.09. The summed E-state index contributed by atoms with van der Waals surface area (Å²) >= 11 is 3.58. The van der Waals surface area contributed by atoms with Crippen LogP contribution in [0.15, 0.2) is 59.0 Å². The largest absolute Gasteiger partial charge is 0.625 e. The van der Waals surface area contributed by atoms with Crippen LogP contribution in [-0.2, 0) is 24.1 Å². The van der Waals surface area contributed by atoms with Crippen molar-refractivity contribution in [2.24, 2.45) is 0 Å². The summed E-state index contributed by atoms with van der Waals surface area (Å²) in [5.41, 5.74) is 8.68. The van der Waals surface area contributed by atoms with E-state index in [4.69, 9.17) is 9.72 Å². The van der Waals surface area contributed by atoms with E-state index in [1.54, 1.807) is 31.6 Å². The summed E-state index contributed by atoms with van der Waals surface area (Å²) in [6, 6.07) is 10.0. The molecule has 3 aromatic rings. The number of hydrogen-bond acceptors (Lipinski definition) is 5. The summed E-state index contributed by atoms with van der Waals surface area (Å²) in [7, 11) is 1.70. The second-order valence-corrected chi connectivity index (χ2v) is 10.3. The quantitative estimate of drug-likeness (QED) is 0.335.